The molecule has 0 saturated carbocycles. The van der Waals surface area contributed by atoms with E-state index in [0.717, 1.165) is 10.0 Å². The lowest BCUT2D eigenvalue weighted by atomic mass is 10.1. The summed E-state index contributed by atoms with van der Waals surface area (Å²) in [6, 6.07) is 12.5. The van der Waals surface area contributed by atoms with Gasteiger partial charge in [0.15, 0.2) is 6.61 Å². The van der Waals surface area contributed by atoms with E-state index in [1.54, 1.807) is 36.4 Å². The van der Waals surface area contributed by atoms with Crippen LogP contribution in [0, 0.1) is 0 Å². The molecule has 2 rings (SSSR count). The van der Waals surface area contributed by atoms with Crippen molar-refractivity contribution in [1.82, 2.24) is 5.43 Å². The van der Waals surface area contributed by atoms with E-state index in [2.05, 4.69) is 33.0 Å². The minimum atomic E-state index is -0.393. The molecule has 0 aliphatic rings. The molecular formula is C18H17BrN2O3. The summed E-state index contributed by atoms with van der Waals surface area (Å²) in [7, 11) is 0. The number of nitrogens with one attached hydrogen (secondary N) is 1. The lowest BCUT2D eigenvalue weighted by Gasteiger charge is -2.06. The van der Waals surface area contributed by atoms with E-state index in [1.807, 2.05) is 12.1 Å². The van der Waals surface area contributed by atoms with E-state index in [9.17, 15) is 9.90 Å². The molecule has 5 nitrogen and oxygen atoms in total. The van der Waals surface area contributed by atoms with Crippen molar-refractivity contribution in [2.45, 2.75) is 6.42 Å². The number of carbonyl (C=O) groups excluding carboxylic acids is 1. The molecule has 0 radical (unpaired) electrons. The lowest BCUT2D eigenvalue weighted by Crippen LogP contribution is -2.24. The molecule has 0 spiro atoms. The first-order valence-electron chi connectivity index (χ1n) is 7.22. The summed E-state index contributed by atoms with van der Waals surface area (Å²) in [6.45, 7) is 3.49. The van der Waals surface area contributed by atoms with Crippen LogP contribution in [-0.2, 0) is 11.2 Å². The normalized spacial score (nSPS) is 10.5. The maximum atomic E-state index is 11.7. The summed E-state index contributed by atoms with van der Waals surface area (Å²) in [4.78, 5) is 11.7. The van der Waals surface area contributed by atoms with Crippen LogP contribution in [-0.4, -0.2) is 23.8 Å². The second-order valence-corrected chi connectivity index (χ2v) is 5.80. The van der Waals surface area contributed by atoms with E-state index in [0.29, 0.717) is 17.7 Å². The quantitative estimate of drug-likeness (QED) is 0.433. The Kier molecular flexibility index (Phi) is 6.57. The van der Waals surface area contributed by atoms with Crippen LogP contribution in [0.15, 0.2) is 64.7 Å². The fourth-order valence-corrected chi connectivity index (χ4v) is 2.19. The first-order chi connectivity index (χ1) is 11.6. The zero-order valence-corrected chi connectivity index (χ0v) is 14.5. The van der Waals surface area contributed by atoms with Crippen molar-refractivity contribution in [2.75, 3.05) is 6.61 Å². The molecule has 124 valence electrons. The third-order valence-corrected chi connectivity index (χ3v) is 3.62. The number of halogens is 1. The Morgan fingerprint density at radius 2 is 2.04 bits per heavy atom. The summed E-state index contributed by atoms with van der Waals surface area (Å²) >= 11 is 3.32. The number of nitrogens with zero attached hydrogens (tertiary/aromatic N) is 1. The van der Waals surface area contributed by atoms with Gasteiger partial charge in [-0.3, -0.25) is 4.79 Å². The number of benzene rings is 2. The largest absolute Gasteiger partial charge is 0.507 e. The van der Waals surface area contributed by atoms with Crippen molar-refractivity contribution in [2.24, 2.45) is 5.10 Å². The number of aromatic hydroxyl groups is 1. The number of allylic oxidation sites excluding steroid dienone is 1. The highest BCUT2D eigenvalue weighted by atomic mass is 79.9. The molecule has 24 heavy (non-hydrogen) atoms. The van der Waals surface area contributed by atoms with Gasteiger partial charge >= 0.3 is 0 Å². The first kappa shape index (κ1) is 17.7. The second kappa shape index (κ2) is 8.88. The molecule has 0 aliphatic heterocycles. The second-order valence-electron chi connectivity index (χ2n) is 4.88. The third-order valence-electron chi connectivity index (χ3n) is 3.09. The van der Waals surface area contributed by atoms with Gasteiger partial charge in [-0.25, -0.2) is 5.43 Å². The Bertz CT molecular complexity index is 742. The maximum Gasteiger partial charge on any atom is 0.277 e. The molecule has 0 fully saturated rings. The maximum absolute atomic E-state index is 11.7. The predicted octanol–water partition coefficient (Wildman–Crippen LogP) is 3.41. The van der Waals surface area contributed by atoms with Gasteiger partial charge in [-0.1, -0.05) is 34.1 Å². The van der Waals surface area contributed by atoms with Crippen LogP contribution < -0.4 is 10.2 Å². The molecule has 2 aromatic carbocycles. The molecule has 0 saturated heterocycles. The predicted molar refractivity (Wildman–Crippen MR) is 97.4 cm³/mol. The zero-order valence-electron chi connectivity index (χ0n) is 12.9. The fourth-order valence-electron chi connectivity index (χ4n) is 1.92. The molecule has 0 aliphatic carbocycles. The number of hydrogen-bond donors (Lipinski definition) is 2. The van der Waals surface area contributed by atoms with Gasteiger partial charge < -0.3 is 9.84 Å². The van der Waals surface area contributed by atoms with Crippen molar-refractivity contribution in [3.63, 3.8) is 0 Å². The molecule has 1 amide bonds. The highest BCUT2D eigenvalue weighted by Crippen LogP contribution is 2.21. The summed E-state index contributed by atoms with van der Waals surface area (Å²) < 4.78 is 6.27. The number of hydrogen-bond acceptors (Lipinski definition) is 4. The smallest absolute Gasteiger partial charge is 0.277 e. The molecule has 6 heteroatoms. The number of carbonyl (C=O) groups is 1. The van der Waals surface area contributed by atoms with Crippen molar-refractivity contribution in [1.29, 1.82) is 0 Å². The molecule has 0 bridgehead atoms. The lowest BCUT2D eigenvalue weighted by molar-refractivity contribution is -0.123. The highest BCUT2D eigenvalue weighted by Gasteiger charge is 2.04. The van der Waals surface area contributed by atoms with Gasteiger partial charge in [-0.2, -0.15) is 5.10 Å². The number of amides is 1. The first-order valence-corrected chi connectivity index (χ1v) is 8.01. The van der Waals surface area contributed by atoms with Crippen LogP contribution in [0.3, 0.4) is 0 Å². The SMILES string of the molecule is C=CCc1cccc(/C=N/NC(=O)COc2ccc(Br)cc2)c1O. The molecule has 0 unspecified atom stereocenters. The Morgan fingerprint density at radius 1 is 1.29 bits per heavy atom. The monoisotopic (exact) mass is 388 g/mol. The van der Waals surface area contributed by atoms with Crippen LogP contribution in [0.1, 0.15) is 11.1 Å². The van der Waals surface area contributed by atoms with Gasteiger partial charge in [0.2, 0.25) is 0 Å². The minimum absolute atomic E-state index is 0.126. The van der Waals surface area contributed by atoms with Crippen molar-refractivity contribution >= 4 is 28.1 Å². The van der Waals surface area contributed by atoms with Crippen molar-refractivity contribution in [3.05, 3.63) is 70.7 Å². The zero-order chi connectivity index (χ0) is 17.4. The Hall–Kier alpha value is -2.60. The number of phenolic OH excluding ortho intramolecular Hbond substituents is 1. The van der Waals surface area contributed by atoms with Gasteiger partial charge in [0.05, 0.1) is 6.21 Å². The van der Waals surface area contributed by atoms with E-state index in [1.165, 1.54) is 6.21 Å². The molecule has 0 atom stereocenters. The molecule has 0 heterocycles. The van der Waals surface area contributed by atoms with Gasteiger partial charge in [0.25, 0.3) is 5.91 Å². The number of phenols is 1. The van der Waals surface area contributed by atoms with Crippen molar-refractivity contribution in [3.8, 4) is 11.5 Å². The molecule has 2 aromatic rings. The van der Waals surface area contributed by atoms with Crippen LogP contribution in [0.4, 0.5) is 0 Å². The number of hydrazone groups is 1. The Labute approximate surface area is 148 Å². The van der Waals surface area contributed by atoms with Crippen LogP contribution in [0.2, 0.25) is 0 Å². The van der Waals surface area contributed by atoms with Gasteiger partial charge in [-0.15, -0.1) is 6.58 Å². The van der Waals surface area contributed by atoms with Crippen LogP contribution in [0.25, 0.3) is 0 Å². The van der Waals surface area contributed by atoms with E-state index >= 15 is 0 Å². The van der Waals surface area contributed by atoms with Crippen LogP contribution in [0.5, 0.6) is 11.5 Å². The van der Waals surface area contributed by atoms with E-state index in [4.69, 9.17) is 4.74 Å². The van der Waals surface area contributed by atoms with E-state index < -0.39 is 5.91 Å². The minimum Gasteiger partial charge on any atom is -0.507 e. The van der Waals surface area contributed by atoms with Gasteiger partial charge in [-0.05, 0) is 42.3 Å². The summed E-state index contributed by atoms with van der Waals surface area (Å²) in [5, 5.41) is 13.9. The van der Waals surface area contributed by atoms with Crippen molar-refractivity contribution < 1.29 is 14.6 Å². The average Bonchev–Trinajstić information content (AvgIpc) is 2.58. The summed E-state index contributed by atoms with van der Waals surface area (Å²) in [5.74, 6) is 0.324. The van der Waals surface area contributed by atoms with Crippen LogP contribution >= 0.6 is 15.9 Å². The van der Waals surface area contributed by atoms with Gasteiger partial charge in [0.1, 0.15) is 11.5 Å². The topological polar surface area (TPSA) is 70.9 Å². The number of ether oxygens (including phenoxy) is 1. The molecule has 2 N–H and O–H groups in total. The standard InChI is InChI=1S/C18H17BrN2O3/c1-2-4-13-5-3-6-14(18(13)23)11-20-21-17(22)12-24-16-9-7-15(19)8-10-16/h2-3,5-11,23H,1,4,12H2,(H,21,22)/b20-11+. The number of rotatable bonds is 7. The number of para-hydroxylation sites is 1. The molecular weight excluding hydrogens is 372 g/mol. The van der Waals surface area contributed by atoms with Gasteiger partial charge in [0, 0.05) is 10.0 Å². The fraction of sp³-hybridized carbons (Fsp3) is 0.111. The molecule has 0 aromatic heterocycles. The third kappa shape index (κ3) is 5.24. The Balaban J connectivity index is 1.87. The van der Waals surface area contributed by atoms with E-state index in [-0.39, 0.29) is 12.4 Å². The Morgan fingerprint density at radius 3 is 2.75 bits per heavy atom. The average molecular weight is 389 g/mol. The summed E-state index contributed by atoms with van der Waals surface area (Å²) in [5.41, 5.74) is 3.62. The summed E-state index contributed by atoms with van der Waals surface area (Å²) in [6.07, 6.45) is 3.65. The highest BCUT2D eigenvalue weighted by molar-refractivity contribution is 9.10.